The van der Waals surface area contributed by atoms with Crippen molar-refractivity contribution in [2.24, 2.45) is 0 Å². The van der Waals surface area contributed by atoms with Gasteiger partial charge in [0.25, 0.3) is 5.91 Å². The Bertz CT molecular complexity index is 1080. The predicted octanol–water partition coefficient (Wildman–Crippen LogP) is 5.49. The van der Waals surface area contributed by atoms with Gasteiger partial charge in [0.05, 0.1) is 15.5 Å². The largest absolute Gasteiger partial charge is 0.506 e. The van der Waals surface area contributed by atoms with Crippen LogP contribution in [0.25, 0.3) is 11.1 Å². The third kappa shape index (κ3) is 3.86. The highest BCUT2D eigenvalue weighted by atomic mass is 79.9. The first-order valence-corrected chi connectivity index (χ1v) is 10.3. The lowest BCUT2D eigenvalue weighted by molar-refractivity contribution is 0.0975. The number of carbonyl (C=O) groups excluding carboxylic acids is 1. The second-order valence-electron chi connectivity index (χ2n) is 6.48. The molecule has 0 spiro atoms. The molecule has 1 aromatic heterocycles. The number of amides is 1. The lowest BCUT2D eigenvalue weighted by atomic mass is 10.0. The van der Waals surface area contributed by atoms with Crippen LogP contribution in [0.5, 0.6) is 11.6 Å². The maximum Gasteiger partial charge on any atom is 0.258 e. The first-order valence-electron chi connectivity index (χ1n) is 8.76. The van der Waals surface area contributed by atoms with Crippen LogP contribution in [0.3, 0.4) is 0 Å². The van der Waals surface area contributed by atoms with Gasteiger partial charge in [0.1, 0.15) is 24.7 Å². The van der Waals surface area contributed by atoms with Gasteiger partial charge in [-0.1, -0.05) is 18.2 Å². The summed E-state index contributed by atoms with van der Waals surface area (Å²) in [5.74, 6) is 0.153. The van der Waals surface area contributed by atoms with E-state index in [-0.39, 0.29) is 11.7 Å². The number of halogens is 3. The van der Waals surface area contributed by atoms with Crippen LogP contribution in [-0.2, 0) is 6.67 Å². The van der Waals surface area contributed by atoms with Crippen molar-refractivity contribution < 1.29 is 19.0 Å². The molecule has 29 heavy (non-hydrogen) atoms. The number of alkyl halides is 1. The fourth-order valence-electron chi connectivity index (χ4n) is 3.15. The van der Waals surface area contributed by atoms with Crippen LogP contribution < -0.4 is 9.64 Å². The van der Waals surface area contributed by atoms with Crippen LogP contribution in [0.4, 0.5) is 10.1 Å². The van der Waals surface area contributed by atoms with Crippen LogP contribution >= 0.6 is 31.9 Å². The summed E-state index contributed by atoms with van der Waals surface area (Å²) in [6.07, 6.45) is 1.65. The molecular formula is C21H15Br2FN2O3. The molecule has 2 heterocycles. The van der Waals surface area contributed by atoms with Gasteiger partial charge >= 0.3 is 0 Å². The number of rotatable bonds is 3. The smallest absolute Gasteiger partial charge is 0.258 e. The summed E-state index contributed by atoms with van der Waals surface area (Å²) in [6, 6.07) is 12.1. The molecule has 1 aliphatic heterocycles. The molecule has 8 heteroatoms. The molecule has 2 aromatic carbocycles. The predicted molar refractivity (Wildman–Crippen MR) is 115 cm³/mol. The number of carbonyl (C=O) groups is 1. The van der Waals surface area contributed by atoms with Gasteiger partial charge in [-0.3, -0.25) is 4.79 Å². The van der Waals surface area contributed by atoms with E-state index < -0.39 is 6.67 Å². The molecule has 0 saturated heterocycles. The number of nitrogens with zero attached hydrogens (tertiary/aromatic N) is 2. The Hall–Kier alpha value is -2.45. The number of aromatic hydroxyl groups is 1. The number of aromatic nitrogens is 1. The molecule has 1 aliphatic rings. The van der Waals surface area contributed by atoms with Crippen molar-refractivity contribution >= 4 is 43.5 Å². The van der Waals surface area contributed by atoms with E-state index in [4.69, 9.17) is 4.74 Å². The molecule has 0 aliphatic carbocycles. The molecule has 3 aromatic rings. The van der Waals surface area contributed by atoms with Gasteiger partial charge in [-0.15, -0.1) is 0 Å². The summed E-state index contributed by atoms with van der Waals surface area (Å²) in [7, 11) is 0. The second-order valence-corrected chi connectivity index (χ2v) is 8.18. The van der Waals surface area contributed by atoms with Crippen LogP contribution in [0.1, 0.15) is 15.9 Å². The average molecular weight is 522 g/mol. The number of benzene rings is 2. The van der Waals surface area contributed by atoms with E-state index >= 15 is 0 Å². The molecule has 0 fully saturated rings. The topological polar surface area (TPSA) is 62.7 Å². The van der Waals surface area contributed by atoms with Gasteiger partial charge in [-0.05, 0) is 67.3 Å². The summed E-state index contributed by atoms with van der Waals surface area (Å²) in [5, 5.41) is 9.91. The second kappa shape index (κ2) is 8.12. The van der Waals surface area contributed by atoms with Crippen molar-refractivity contribution in [3.8, 4) is 22.8 Å². The van der Waals surface area contributed by atoms with Crippen molar-refractivity contribution in [2.45, 2.75) is 6.67 Å². The van der Waals surface area contributed by atoms with E-state index in [1.165, 1.54) is 0 Å². The van der Waals surface area contributed by atoms with Crippen LogP contribution in [0.15, 0.2) is 57.6 Å². The average Bonchev–Trinajstić information content (AvgIpc) is 2.75. The summed E-state index contributed by atoms with van der Waals surface area (Å²) in [5.41, 5.74) is 3.09. The van der Waals surface area contributed by atoms with Gasteiger partial charge in [0, 0.05) is 17.3 Å². The molecule has 0 bridgehead atoms. The summed E-state index contributed by atoms with van der Waals surface area (Å²) in [4.78, 5) is 19.2. The first kappa shape index (κ1) is 19.8. The lowest BCUT2D eigenvalue weighted by Gasteiger charge is -2.29. The monoisotopic (exact) mass is 520 g/mol. The molecule has 1 N–H and O–H groups in total. The van der Waals surface area contributed by atoms with Gasteiger partial charge in [0.15, 0.2) is 0 Å². The third-order valence-electron chi connectivity index (χ3n) is 4.60. The Labute approximate surface area is 183 Å². The highest BCUT2D eigenvalue weighted by Gasteiger charge is 2.27. The number of hydrogen-bond donors (Lipinski definition) is 1. The zero-order valence-corrected chi connectivity index (χ0v) is 18.2. The molecule has 0 saturated carbocycles. The normalized spacial score (nSPS) is 13.0. The van der Waals surface area contributed by atoms with E-state index in [1.807, 2.05) is 12.1 Å². The fraction of sp³-hybridized carbons (Fsp3) is 0.143. The summed E-state index contributed by atoms with van der Waals surface area (Å²) < 4.78 is 19.5. The van der Waals surface area contributed by atoms with Crippen molar-refractivity contribution in [3.05, 3.63) is 68.7 Å². The maximum atomic E-state index is 13.2. The fourth-order valence-corrected chi connectivity index (χ4v) is 4.33. The minimum absolute atomic E-state index is 0.0284. The highest BCUT2D eigenvalue weighted by Crippen LogP contribution is 2.37. The van der Waals surface area contributed by atoms with Gasteiger partial charge in [0.2, 0.25) is 5.88 Å². The molecule has 0 radical (unpaired) electrons. The number of pyridine rings is 1. The van der Waals surface area contributed by atoms with Gasteiger partial charge in [-0.2, -0.15) is 0 Å². The zero-order valence-electron chi connectivity index (χ0n) is 15.0. The highest BCUT2D eigenvalue weighted by molar-refractivity contribution is 9.11. The van der Waals surface area contributed by atoms with Crippen molar-refractivity contribution in [1.82, 2.24) is 4.98 Å². The standard InChI is InChI=1S/C21H15Br2FN2O3/c22-16-7-14(8-17(23)19(16)27)21(28)26-4-5-29-20-18(26)9-15(11-25-20)13-3-1-2-12(6-13)10-24/h1-3,6-9,11,27H,4-5,10H2. The van der Waals surface area contributed by atoms with Gasteiger partial charge in [-0.25, -0.2) is 9.37 Å². The number of hydrogen-bond acceptors (Lipinski definition) is 4. The minimum atomic E-state index is -0.551. The van der Waals surface area contributed by atoms with Crippen molar-refractivity contribution in [2.75, 3.05) is 18.1 Å². The van der Waals surface area contributed by atoms with E-state index in [0.29, 0.717) is 44.8 Å². The van der Waals surface area contributed by atoms with Crippen molar-refractivity contribution in [3.63, 3.8) is 0 Å². The maximum absolute atomic E-state index is 13.2. The number of phenolic OH excluding ortho intramolecular Hbond substituents is 1. The molecular weight excluding hydrogens is 507 g/mol. The summed E-state index contributed by atoms with van der Waals surface area (Å²) >= 11 is 6.52. The molecule has 5 nitrogen and oxygen atoms in total. The number of ether oxygens (including phenoxy) is 1. The van der Waals surface area contributed by atoms with Gasteiger partial charge < -0.3 is 14.7 Å². The summed E-state index contributed by atoms with van der Waals surface area (Å²) in [6.45, 7) is 0.130. The van der Waals surface area contributed by atoms with Crippen LogP contribution in [0.2, 0.25) is 0 Å². The van der Waals surface area contributed by atoms with Crippen LogP contribution in [-0.4, -0.2) is 29.1 Å². The van der Waals surface area contributed by atoms with Crippen molar-refractivity contribution in [1.29, 1.82) is 0 Å². The zero-order chi connectivity index (χ0) is 20.5. The Morgan fingerprint density at radius 1 is 1.17 bits per heavy atom. The quantitative estimate of drug-likeness (QED) is 0.495. The lowest BCUT2D eigenvalue weighted by Crippen LogP contribution is -2.38. The Balaban J connectivity index is 1.74. The molecule has 1 amide bonds. The van der Waals surface area contributed by atoms with E-state index in [9.17, 15) is 14.3 Å². The van der Waals surface area contributed by atoms with E-state index in [2.05, 4.69) is 36.8 Å². The minimum Gasteiger partial charge on any atom is -0.506 e. The van der Waals surface area contributed by atoms with E-state index in [1.54, 1.807) is 41.4 Å². The number of fused-ring (bicyclic) bond motifs is 1. The van der Waals surface area contributed by atoms with Crippen LogP contribution in [0, 0.1) is 0 Å². The SMILES string of the molecule is O=C(c1cc(Br)c(O)c(Br)c1)N1CCOc2ncc(-c3cccc(CF)c3)cc21. The molecule has 0 atom stereocenters. The Morgan fingerprint density at radius 3 is 2.66 bits per heavy atom. The third-order valence-corrected chi connectivity index (χ3v) is 5.81. The number of phenols is 1. The molecule has 148 valence electrons. The molecule has 0 unspecified atom stereocenters. The molecule has 4 rings (SSSR count). The first-order chi connectivity index (χ1) is 14.0. The Morgan fingerprint density at radius 2 is 1.93 bits per heavy atom. The number of anilines is 1. The van der Waals surface area contributed by atoms with E-state index in [0.717, 1.165) is 11.1 Å². The Kier molecular flexibility index (Phi) is 5.56.